The highest BCUT2D eigenvalue weighted by Gasteiger charge is 2.18. The van der Waals surface area contributed by atoms with Gasteiger partial charge in [0.1, 0.15) is 5.01 Å². The lowest BCUT2D eigenvalue weighted by atomic mass is 10.2. The zero-order chi connectivity index (χ0) is 19.4. The van der Waals surface area contributed by atoms with Crippen LogP contribution in [0.25, 0.3) is 10.2 Å². The fraction of sp³-hybridized carbons (Fsp3) is 0.250. The molecule has 3 aromatic rings. The van der Waals surface area contributed by atoms with Gasteiger partial charge in [-0.1, -0.05) is 12.1 Å². The number of benzene rings is 2. The Morgan fingerprint density at radius 3 is 2.56 bits per heavy atom. The molecule has 1 heterocycles. The minimum Gasteiger partial charge on any atom is -0.465 e. The third-order valence-corrected chi connectivity index (χ3v) is 5.52. The van der Waals surface area contributed by atoms with Gasteiger partial charge in [0.15, 0.2) is 0 Å². The lowest BCUT2D eigenvalue weighted by Crippen LogP contribution is -2.32. The van der Waals surface area contributed by atoms with Crippen LogP contribution in [0, 0.1) is 0 Å². The third kappa shape index (κ3) is 4.50. The van der Waals surface area contributed by atoms with Crippen molar-refractivity contribution in [2.75, 3.05) is 26.0 Å². The van der Waals surface area contributed by atoms with Gasteiger partial charge in [0.05, 0.1) is 35.5 Å². The first-order valence-electron chi connectivity index (χ1n) is 8.52. The van der Waals surface area contributed by atoms with E-state index in [9.17, 15) is 9.59 Å². The Labute approximate surface area is 161 Å². The van der Waals surface area contributed by atoms with E-state index in [0.717, 1.165) is 15.2 Å². The predicted octanol–water partition coefficient (Wildman–Crippen LogP) is 3.71. The molecule has 0 unspecified atom stereocenters. The number of nitrogens with one attached hydrogen (secondary N) is 1. The average Bonchev–Trinajstić information content (AvgIpc) is 3.11. The average molecular weight is 383 g/mol. The molecule has 2 aromatic carbocycles. The minimum absolute atomic E-state index is 0.0230. The lowest BCUT2D eigenvalue weighted by Gasteiger charge is -2.22. The van der Waals surface area contributed by atoms with E-state index < -0.39 is 5.97 Å². The highest BCUT2D eigenvalue weighted by Crippen LogP contribution is 2.28. The van der Waals surface area contributed by atoms with Crippen molar-refractivity contribution >= 4 is 39.1 Å². The lowest BCUT2D eigenvalue weighted by molar-refractivity contribution is -0.117. The summed E-state index contributed by atoms with van der Waals surface area (Å²) < 4.78 is 5.80. The minimum atomic E-state index is -0.405. The van der Waals surface area contributed by atoms with Crippen LogP contribution in [0.2, 0.25) is 0 Å². The van der Waals surface area contributed by atoms with Gasteiger partial charge in [-0.05, 0) is 50.4 Å². The van der Waals surface area contributed by atoms with Crippen molar-refractivity contribution in [1.82, 2.24) is 9.88 Å². The summed E-state index contributed by atoms with van der Waals surface area (Å²) in [6, 6.07) is 14.6. The summed E-state index contributed by atoms with van der Waals surface area (Å²) >= 11 is 1.64. The molecule has 1 aromatic heterocycles. The van der Waals surface area contributed by atoms with Crippen LogP contribution in [-0.2, 0) is 9.53 Å². The number of anilines is 1. The fourth-order valence-corrected chi connectivity index (χ4v) is 3.71. The van der Waals surface area contributed by atoms with Crippen LogP contribution in [0.1, 0.15) is 28.3 Å². The van der Waals surface area contributed by atoms with E-state index in [2.05, 4.69) is 15.0 Å². The monoisotopic (exact) mass is 383 g/mol. The molecule has 6 nitrogen and oxygen atoms in total. The number of carbonyl (C=O) groups excluding carboxylic acids is 2. The van der Waals surface area contributed by atoms with Crippen molar-refractivity contribution in [2.45, 2.75) is 13.0 Å². The highest BCUT2D eigenvalue weighted by molar-refractivity contribution is 7.18. The number of likely N-dealkylation sites (N-methyl/N-ethyl adjacent to an activating group) is 1. The Bertz CT molecular complexity index is 920. The number of thiazole rings is 1. The van der Waals surface area contributed by atoms with E-state index in [1.165, 1.54) is 7.11 Å². The number of rotatable bonds is 6. The van der Waals surface area contributed by atoms with E-state index in [1.54, 1.807) is 35.6 Å². The molecule has 0 spiro atoms. The third-order valence-electron chi connectivity index (χ3n) is 4.31. The van der Waals surface area contributed by atoms with Gasteiger partial charge < -0.3 is 10.1 Å². The molecular formula is C20H21N3O3S. The SMILES string of the molecule is COC(=O)c1ccc(NC(=O)CN(C)[C@H](C)c2nc3ccccc3s2)cc1. The largest absolute Gasteiger partial charge is 0.465 e. The summed E-state index contributed by atoms with van der Waals surface area (Å²) in [4.78, 5) is 30.4. The number of amides is 1. The molecule has 0 saturated carbocycles. The summed E-state index contributed by atoms with van der Waals surface area (Å²) in [5.74, 6) is -0.534. The second kappa shape index (κ2) is 8.28. The van der Waals surface area contributed by atoms with Crippen molar-refractivity contribution < 1.29 is 14.3 Å². The molecule has 140 valence electrons. The van der Waals surface area contributed by atoms with Crippen LogP contribution in [0.15, 0.2) is 48.5 Å². The number of esters is 1. The Balaban J connectivity index is 1.60. The first-order chi connectivity index (χ1) is 13.0. The summed E-state index contributed by atoms with van der Waals surface area (Å²) in [5.41, 5.74) is 2.05. The number of fused-ring (bicyclic) bond motifs is 1. The van der Waals surface area contributed by atoms with Gasteiger partial charge in [-0.3, -0.25) is 9.69 Å². The molecule has 1 amide bonds. The molecule has 0 saturated heterocycles. The summed E-state index contributed by atoms with van der Waals surface area (Å²) in [5, 5.41) is 3.82. The van der Waals surface area contributed by atoms with E-state index in [4.69, 9.17) is 0 Å². The normalized spacial score (nSPS) is 12.1. The number of nitrogens with zero attached hydrogens (tertiary/aromatic N) is 2. The zero-order valence-corrected chi connectivity index (χ0v) is 16.2. The molecule has 3 rings (SSSR count). The first-order valence-corrected chi connectivity index (χ1v) is 9.33. The molecule has 0 bridgehead atoms. The molecular weight excluding hydrogens is 362 g/mol. The maximum Gasteiger partial charge on any atom is 0.337 e. The van der Waals surface area contributed by atoms with Gasteiger partial charge >= 0.3 is 5.97 Å². The Hall–Kier alpha value is -2.77. The molecule has 0 aliphatic heterocycles. The topological polar surface area (TPSA) is 71.5 Å². The Kier molecular flexibility index (Phi) is 5.83. The van der Waals surface area contributed by atoms with E-state index in [0.29, 0.717) is 11.3 Å². The first kappa shape index (κ1) is 19.0. The smallest absolute Gasteiger partial charge is 0.337 e. The van der Waals surface area contributed by atoms with Crippen molar-refractivity contribution in [3.8, 4) is 0 Å². The molecule has 0 radical (unpaired) electrons. The zero-order valence-electron chi connectivity index (χ0n) is 15.4. The molecule has 1 N–H and O–H groups in total. The van der Waals surface area contributed by atoms with Crippen LogP contribution in [0.4, 0.5) is 5.69 Å². The van der Waals surface area contributed by atoms with E-state index in [-0.39, 0.29) is 18.5 Å². The maximum atomic E-state index is 12.3. The van der Waals surface area contributed by atoms with Crippen molar-refractivity contribution in [3.05, 3.63) is 59.1 Å². The molecule has 0 aliphatic carbocycles. The molecule has 0 fully saturated rings. The van der Waals surface area contributed by atoms with Crippen LogP contribution in [0.5, 0.6) is 0 Å². The van der Waals surface area contributed by atoms with Gasteiger partial charge in [0, 0.05) is 5.69 Å². The summed E-state index contributed by atoms with van der Waals surface area (Å²) in [6.07, 6.45) is 0. The van der Waals surface area contributed by atoms with E-state index in [1.807, 2.05) is 43.1 Å². The number of hydrogen-bond donors (Lipinski definition) is 1. The van der Waals surface area contributed by atoms with Crippen LogP contribution in [0.3, 0.4) is 0 Å². The summed E-state index contributed by atoms with van der Waals surface area (Å²) in [7, 11) is 3.23. The Morgan fingerprint density at radius 1 is 1.19 bits per heavy atom. The van der Waals surface area contributed by atoms with Crippen molar-refractivity contribution in [1.29, 1.82) is 0 Å². The number of para-hydroxylation sites is 1. The van der Waals surface area contributed by atoms with Gasteiger partial charge in [-0.15, -0.1) is 11.3 Å². The highest BCUT2D eigenvalue weighted by atomic mass is 32.1. The number of ether oxygens (including phenoxy) is 1. The summed E-state index contributed by atoms with van der Waals surface area (Å²) in [6.45, 7) is 2.27. The van der Waals surface area contributed by atoms with Gasteiger partial charge in [-0.2, -0.15) is 0 Å². The number of aromatic nitrogens is 1. The predicted molar refractivity (Wildman–Crippen MR) is 107 cm³/mol. The van der Waals surface area contributed by atoms with Crippen LogP contribution in [-0.4, -0.2) is 42.5 Å². The fourth-order valence-electron chi connectivity index (χ4n) is 2.63. The molecule has 7 heteroatoms. The Morgan fingerprint density at radius 2 is 1.89 bits per heavy atom. The molecule has 1 atom stereocenters. The van der Waals surface area contributed by atoms with Gasteiger partial charge in [-0.25, -0.2) is 9.78 Å². The number of hydrogen-bond acceptors (Lipinski definition) is 6. The van der Waals surface area contributed by atoms with Crippen molar-refractivity contribution in [3.63, 3.8) is 0 Å². The van der Waals surface area contributed by atoms with Crippen molar-refractivity contribution in [2.24, 2.45) is 0 Å². The van der Waals surface area contributed by atoms with Gasteiger partial charge in [0.25, 0.3) is 0 Å². The quantitative estimate of drug-likeness (QED) is 0.657. The second-order valence-corrected chi connectivity index (χ2v) is 7.29. The van der Waals surface area contributed by atoms with Crippen LogP contribution >= 0.6 is 11.3 Å². The number of methoxy groups -OCH3 is 1. The standard InChI is InChI=1S/C20H21N3O3S/c1-13(19-22-16-6-4-5-7-17(16)27-19)23(2)12-18(24)21-15-10-8-14(9-11-15)20(25)26-3/h4-11,13H,12H2,1-3H3,(H,21,24)/t13-/m1/s1. The molecule has 27 heavy (non-hydrogen) atoms. The van der Waals surface area contributed by atoms with E-state index >= 15 is 0 Å². The van der Waals surface area contributed by atoms with Gasteiger partial charge in [0.2, 0.25) is 5.91 Å². The molecule has 0 aliphatic rings. The maximum absolute atomic E-state index is 12.3. The van der Waals surface area contributed by atoms with Crippen LogP contribution < -0.4 is 5.32 Å². The second-order valence-electron chi connectivity index (χ2n) is 6.23. The number of carbonyl (C=O) groups is 2.